The van der Waals surface area contributed by atoms with Gasteiger partial charge in [-0.2, -0.15) is 5.10 Å². The lowest BCUT2D eigenvalue weighted by Crippen LogP contribution is -2.21. The molecule has 0 bridgehead atoms. The average molecular weight is 206 g/mol. The molecule has 0 saturated heterocycles. The summed E-state index contributed by atoms with van der Waals surface area (Å²) < 4.78 is 0. The van der Waals surface area contributed by atoms with Crippen LogP contribution in [0.15, 0.2) is 35.4 Å². The van der Waals surface area contributed by atoms with Crippen molar-refractivity contribution >= 4 is 17.6 Å². The van der Waals surface area contributed by atoms with Gasteiger partial charge in [-0.15, -0.1) is 0 Å². The second-order valence-corrected chi connectivity index (χ2v) is 2.80. The normalized spacial score (nSPS) is 10.9. The average Bonchev–Trinajstić information content (AvgIpc) is 2.18. The van der Waals surface area contributed by atoms with Crippen molar-refractivity contribution in [2.45, 2.75) is 6.92 Å². The van der Waals surface area contributed by atoms with Gasteiger partial charge in [-0.1, -0.05) is 30.3 Å². The Balaban J connectivity index is 2.99. The van der Waals surface area contributed by atoms with Crippen LogP contribution in [0.3, 0.4) is 0 Å². The SMILES string of the molecule is CC(=O)NN=C(C(=O)O)c1ccccc1. The molecule has 0 aliphatic rings. The first-order valence-corrected chi connectivity index (χ1v) is 4.24. The molecule has 0 aliphatic heterocycles. The number of hydrazone groups is 1. The first-order valence-electron chi connectivity index (χ1n) is 4.24. The van der Waals surface area contributed by atoms with Crippen LogP contribution < -0.4 is 5.43 Å². The Morgan fingerprint density at radius 1 is 1.27 bits per heavy atom. The van der Waals surface area contributed by atoms with Crippen LogP contribution in [-0.2, 0) is 9.59 Å². The fourth-order valence-corrected chi connectivity index (χ4v) is 0.966. The number of carbonyl (C=O) groups excluding carboxylic acids is 1. The highest BCUT2D eigenvalue weighted by atomic mass is 16.4. The van der Waals surface area contributed by atoms with E-state index >= 15 is 0 Å². The first kappa shape index (κ1) is 10.9. The van der Waals surface area contributed by atoms with Gasteiger partial charge in [-0.25, -0.2) is 10.2 Å². The number of carbonyl (C=O) groups is 2. The Bertz CT molecular complexity index is 398. The molecule has 1 aromatic carbocycles. The molecule has 5 heteroatoms. The minimum absolute atomic E-state index is 0.189. The summed E-state index contributed by atoms with van der Waals surface area (Å²) in [5, 5.41) is 12.4. The number of amides is 1. The number of rotatable bonds is 3. The molecule has 0 heterocycles. The van der Waals surface area contributed by atoms with Crippen LogP contribution in [0.25, 0.3) is 0 Å². The van der Waals surface area contributed by atoms with Gasteiger partial charge in [-0.05, 0) is 0 Å². The van der Waals surface area contributed by atoms with E-state index in [2.05, 4.69) is 10.5 Å². The molecule has 0 unspecified atom stereocenters. The van der Waals surface area contributed by atoms with Crippen LogP contribution in [0, 0.1) is 0 Å². The molecule has 2 N–H and O–H groups in total. The lowest BCUT2D eigenvalue weighted by Gasteiger charge is -2.00. The van der Waals surface area contributed by atoms with Crippen molar-refractivity contribution in [3.05, 3.63) is 35.9 Å². The van der Waals surface area contributed by atoms with Crippen molar-refractivity contribution in [1.29, 1.82) is 0 Å². The molecule has 1 aromatic rings. The Labute approximate surface area is 86.4 Å². The van der Waals surface area contributed by atoms with Crippen LogP contribution in [0.1, 0.15) is 12.5 Å². The molecule has 5 nitrogen and oxygen atoms in total. The Morgan fingerprint density at radius 2 is 1.87 bits per heavy atom. The maximum atomic E-state index is 10.8. The third-order valence-electron chi connectivity index (χ3n) is 1.57. The van der Waals surface area contributed by atoms with E-state index < -0.39 is 11.9 Å². The van der Waals surface area contributed by atoms with Gasteiger partial charge in [0.05, 0.1) is 0 Å². The summed E-state index contributed by atoms with van der Waals surface area (Å²) in [6, 6.07) is 8.37. The van der Waals surface area contributed by atoms with E-state index in [0.29, 0.717) is 5.56 Å². The minimum atomic E-state index is -1.19. The van der Waals surface area contributed by atoms with Crippen molar-refractivity contribution in [3.63, 3.8) is 0 Å². The highest BCUT2D eigenvalue weighted by Crippen LogP contribution is 2.00. The third kappa shape index (κ3) is 3.22. The summed E-state index contributed by atoms with van der Waals surface area (Å²) in [5.41, 5.74) is 2.35. The zero-order valence-corrected chi connectivity index (χ0v) is 8.10. The minimum Gasteiger partial charge on any atom is -0.476 e. The van der Waals surface area contributed by atoms with Gasteiger partial charge in [0.25, 0.3) is 0 Å². The summed E-state index contributed by atoms with van der Waals surface area (Å²) in [4.78, 5) is 21.4. The van der Waals surface area contributed by atoms with Gasteiger partial charge in [-0.3, -0.25) is 4.79 Å². The Kier molecular flexibility index (Phi) is 3.56. The number of benzene rings is 1. The topological polar surface area (TPSA) is 78.8 Å². The second-order valence-electron chi connectivity index (χ2n) is 2.80. The fourth-order valence-electron chi connectivity index (χ4n) is 0.966. The molecule has 0 atom stereocenters. The van der Waals surface area contributed by atoms with E-state index in [-0.39, 0.29) is 5.71 Å². The predicted molar refractivity (Wildman–Crippen MR) is 54.4 cm³/mol. The van der Waals surface area contributed by atoms with E-state index in [0.717, 1.165) is 0 Å². The van der Waals surface area contributed by atoms with Crippen molar-refractivity contribution in [2.75, 3.05) is 0 Å². The lowest BCUT2D eigenvalue weighted by atomic mass is 10.1. The highest BCUT2D eigenvalue weighted by molar-refractivity contribution is 6.42. The molecule has 0 aromatic heterocycles. The quantitative estimate of drug-likeness (QED) is 0.561. The molecule has 15 heavy (non-hydrogen) atoms. The van der Waals surface area contributed by atoms with E-state index in [1.54, 1.807) is 30.3 Å². The smallest absolute Gasteiger partial charge is 0.356 e. The lowest BCUT2D eigenvalue weighted by molar-refractivity contribution is -0.129. The predicted octanol–water partition coefficient (Wildman–Crippen LogP) is 0.611. The maximum absolute atomic E-state index is 10.8. The summed E-state index contributed by atoms with van der Waals surface area (Å²) >= 11 is 0. The van der Waals surface area contributed by atoms with Crippen LogP contribution >= 0.6 is 0 Å². The number of hydrogen-bond donors (Lipinski definition) is 2. The monoisotopic (exact) mass is 206 g/mol. The van der Waals surface area contributed by atoms with Crippen LogP contribution in [0.4, 0.5) is 0 Å². The standard InChI is InChI=1S/C10H10N2O3/c1-7(13)11-12-9(10(14)15)8-5-3-2-4-6-8/h2-6H,1H3,(H,11,13)(H,14,15). The molecule has 1 rings (SSSR count). The molecule has 1 amide bonds. The van der Waals surface area contributed by atoms with E-state index in [1.807, 2.05) is 0 Å². The number of nitrogens with zero attached hydrogens (tertiary/aromatic N) is 1. The number of aliphatic carboxylic acids is 1. The molecule has 0 saturated carbocycles. The van der Waals surface area contributed by atoms with E-state index in [1.165, 1.54) is 6.92 Å². The van der Waals surface area contributed by atoms with Gasteiger partial charge >= 0.3 is 5.97 Å². The van der Waals surface area contributed by atoms with Crippen molar-refractivity contribution in [1.82, 2.24) is 5.43 Å². The molecular weight excluding hydrogens is 196 g/mol. The number of nitrogens with one attached hydrogen (secondary N) is 1. The van der Waals surface area contributed by atoms with Gasteiger partial charge < -0.3 is 5.11 Å². The second kappa shape index (κ2) is 4.90. The fraction of sp³-hybridized carbons (Fsp3) is 0.100. The van der Waals surface area contributed by atoms with E-state index in [4.69, 9.17) is 5.11 Å². The highest BCUT2D eigenvalue weighted by Gasteiger charge is 2.11. The van der Waals surface area contributed by atoms with Crippen molar-refractivity contribution < 1.29 is 14.7 Å². The largest absolute Gasteiger partial charge is 0.476 e. The van der Waals surface area contributed by atoms with Crippen molar-refractivity contribution in [3.8, 4) is 0 Å². The number of hydrogen-bond acceptors (Lipinski definition) is 3. The Morgan fingerprint density at radius 3 is 2.33 bits per heavy atom. The zero-order valence-electron chi connectivity index (χ0n) is 8.10. The van der Waals surface area contributed by atoms with Gasteiger partial charge in [0.2, 0.25) is 5.91 Å². The summed E-state index contributed by atoms with van der Waals surface area (Å²) in [5.74, 6) is -1.60. The molecule has 0 aliphatic carbocycles. The van der Waals surface area contributed by atoms with Crippen molar-refractivity contribution in [2.24, 2.45) is 5.10 Å². The number of carboxylic acid groups (broad SMARTS) is 1. The van der Waals surface area contributed by atoms with Gasteiger partial charge in [0, 0.05) is 12.5 Å². The molecule has 0 spiro atoms. The van der Waals surface area contributed by atoms with Crippen LogP contribution in [0.5, 0.6) is 0 Å². The van der Waals surface area contributed by atoms with Crippen LogP contribution in [0.2, 0.25) is 0 Å². The summed E-state index contributed by atoms with van der Waals surface area (Å²) in [6.07, 6.45) is 0. The molecule has 78 valence electrons. The Hall–Kier alpha value is -2.17. The first-order chi connectivity index (χ1) is 7.11. The number of carboxylic acids is 1. The summed E-state index contributed by atoms with van der Waals surface area (Å²) in [7, 11) is 0. The van der Waals surface area contributed by atoms with E-state index in [9.17, 15) is 9.59 Å². The molecule has 0 fully saturated rings. The summed E-state index contributed by atoms with van der Waals surface area (Å²) in [6.45, 7) is 1.26. The maximum Gasteiger partial charge on any atom is 0.356 e. The van der Waals surface area contributed by atoms with Gasteiger partial charge in [0.1, 0.15) is 0 Å². The molecule has 0 radical (unpaired) electrons. The third-order valence-corrected chi connectivity index (χ3v) is 1.57. The zero-order chi connectivity index (χ0) is 11.3. The van der Waals surface area contributed by atoms with Gasteiger partial charge in [0.15, 0.2) is 5.71 Å². The molecular formula is C10H10N2O3. The van der Waals surface area contributed by atoms with Crippen LogP contribution in [-0.4, -0.2) is 22.7 Å².